The number of halogens is 1. The van der Waals surface area contributed by atoms with E-state index in [4.69, 9.17) is 11.6 Å². The molecule has 7 heteroatoms. The normalized spacial score (nSPS) is 26.4. The van der Waals surface area contributed by atoms with Crippen molar-refractivity contribution in [2.24, 2.45) is 0 Å². The fourth-order valence-electron chi connectivity index (χ4n) is 2.12. The first-order chi connectivity index (χ1) is 8.43. The van der Waals surface area contributed by atoms with Gasteiger partial charge in [0.1, 0.15) is 0 Å². The summed E-state index contributed by atoms with van der Waals surface area (Å²) in [5.41, 5.74) is 0.725. The summed E-state index contributed by atoms with van der Waals surface area (Å²) in [6.45, 7) is 5.26. The monoisotopic (exact) mass is 308 g/mol. The van der Waals surface area contributed by atoms with Crippen molar-refractivity contribution in [1.29, 1.82) is 0 Å². The molecule has 18 heavy (non-hydrogen) atoms. The average molecular weight is 309 g/mol. The number of alkyl halides is 1. The third-order valence-electron chi connectivity index (χ3n) is 2.88. The molecule has 2 atom stereocenters. The van der Waals surface area contributed by atoms with Crippen molar-refractivity contribution in [3.63, 3.8) is 0 Å². The molecule has 1 aromatic rings. The molecule has 1 N–H and O–H groups in total. The van der Waals surface area contributed by atoms with Crippen molar-refractivity contribution < 1.29 is 8.42 Å². The van der Waals surface area contributed by atoms with Gasteiger partial charge in [0.05, 0.1) is 10.8 Å². The van der Waals surface area contributed by atoms with Crippen LogP contribution < -0.4 is 0 Å². The summed E-state index contributed by atoms with van der Waals surface area (Å²) in [4.78, 5) is 3.19. The van der Waals surface area contributed by atoms with Crippen LogP contribution in [0.3, 0.4) is 0 Å². The van der Waals surface area contributed by atoms with Crippen LogP contribution in [0.1, 0.15) is 19.5 Å². The largest absolute Gasteiger partial charge is 0.363 e. The van der Waals surface area contributed by atoms with Gasteiger partial charge in [0.25, 0.3) is 0 Å². The molecule has 1 aliphatic heterocycles. The Hall–Kier alpha value is -0.170. The van der Waals surface area contributed by atoms with Gasteiger partial charge < -0.3 is 4.98 Å². The van der Waals surface area contributed by atoms with Crippen LogP contribution in [0.25, 0.3) is 0 Å². The number of thioether (sulfide) groups is 1. The summed E-state index contributed by atoms with van der Waals surface area (Å²) < 4.78 is 26.5. The van der Waals surface area contributed by atoms with Gasteiger partial charge >= 0.3 is 0 Å². The first-order valence-electron chi connectivity index (χ1n) is 5.82. The molecule has 1 fully saturated rings. The van der Waals surface area contributed by atoms with Crippen LogP contribution in [-0.2, 0) is 15.9 Å². The predicted molar refractivity (Wildman–Crippen MR) is 75.6 cm³/mol. The lowest BCUT2D eigenvalue weighted by Crippen LogP contribution is -2.43. The Labute approximate surface area is 117 Å². The zero-order chi connectivity index (χ0) is 13.3. The molecule has 1 aliphatic rings. The Morgan fingerprint density at radius 3 is 2.56 bits per heavy atom. The van der Waals surface area contributed by atoms with Gasteiger partial charge in [-0.25, -0.2) is 8.42 Å². The maximum atomic E-state index is 12.5. The molecule has 4 nitrogen and oxygen atoms in total. The first-order valence-corrected chi connectivity index (χ1v) is 8.74. The van der Waals surface area contributed by atoms with Crippen LogP contribution in [0.4, 0.5) is 0 Å². The first kappa shape index (κ1) is 14.2. The molecule has 1 saturated heterocycles. The molecule has 0 spiro atoms. The van der Waals surface area contributed by atoms with Crippen LogP contribution in [0, 0.1) is 0 Å². The predicted octanol–water partition coefficient (Wildman–Crippen LogP) is 2.27. The SMILES string of the molecule is CC1CN(S(=O)(=O)c2c[nH]c(CCl)c2)CC(C)S1. The fourth-order valence-corrected chi connectivity index (χ4v) is 5.43. The number of sulfonamides is 1. The van der Waals surface area contributed by atoms with Crippen LogP contribution in [0.15, 0.2) is 17.2 Å². The molecule has 2 unspecified atom stereocenters. The van der Waals surface area contributed by atoms with Crippen LogP contribution >= 0.6 is 23.4 Å². The summed E-state index contributed by atoms with van der Waals surface area (Å²) in [6.07, 6.45) is 1.52. The van der Waals surface area contributed by atoms with Gasteiger partial charge in [-0.05, 0) is 6.07 Å². The number of rotatable bonds is 3. The zero-order valence-corrected chi connectivity index (χ0v) is 12.8. The van der Waals surface area contributed by atoms with E-state index in [1.807, 2.05) is 11.8 Å². The smallest absolute Gasteiger partial charge is 0.244 e. The Morgan fingerprint density at radius 1 is 1.44 bits per heavy atom. The quantitative estimate of drug-likeness (QED) is 0.872. The molecule has 0 amide bonds. The summed E-state index contributed by atoms with van der Waals surface area (Å²) in [6, 6.07) is 1.61. The van der Waals surface area contributed by atoms with Crippen molar-refractivity contribution >= 4 is 33.4 Å². The van der Waals surface area contributed by atoms with Gasteiger partial charge in [-0.3, -0.25) is 0 Å². The van der Waals surface area contributed by atoms with Crippen molar-refractivity contribution in [2.75, 3.05) is 13.1 Å². The number of hydrogen-bond acceptors (Lipinski definition) is 3. The standard InChI is InChI=1S/C11H17ClN2O2S2/c1-8-6-14(7-9(2)17-8)18(15,16)11-3-10(4-12)13-5-11/h3,5,8-9,13H,4,6-7H2,1-2H3. The van der Waals surface area contributed by atoms with Crippen LogP contribution in [0.2, 0.25) is 0 Å². The van der Waals surface area contributed by atoms with E-state index < -0.39 is 10.0 Å². The maximum Gasteiger partial charge on any atom is 0.244 e. The lowest BCUT2D eigenvalue weighted by molar-refractivity contribution is 0.405. The highest BCUT2D eigenvalue weighted by Gasteiger charge is 2.32. The van der Waals surface area contributed by atoms with Gasteiger partial charge in [0, 0.05) is 35.5 Å². The topological polar surface area (TPSA) is 53.2 Å². The third kappa shape index (κ3) is 2.87. The minimum Gasteiger partial charge on any atom is -0.363 e. The summed E-state index contributed by atoms with van der Waals surface area (Å²) >= 11 is 7.51. The summed E-state index contributed by atoms with van der Waals surface area (Å²) in [5.74, 6) is 0.290. The van der Waals surface area contributed by atoms with E-state index in [0.717, 1.165) is 5.69 Å². The van der Waals surface area contributed by atoms with E-state index in [2.05, 4.69) is 18.8 Å². The van der Waals surface area contributed by atoms with Gasteiger partial charge in [-0.2, -0.15) is 16.1 Å². The van der Waals surface area contributed by atoms with E-state index in [0.29, 0.717) is 28.5 Å². The zero-order valence-electron chi connectivity index (χ0n) is 10.4. The number of H-pyrrole nitrogens is 1. The minimum absolute atomic E-state index is 0.290. The van der Waals surface area contributed by atoms with Gasteiger partial charge in [-0.15, -0.1) is 11.6 Å². The second kappa shape index (κ2) is 5.45. The third-order valence-corrected chi connectivity index (χ3v) is 6.21. The van der Waals surface area contributed by atoms with Gasteiger partial charge in [0.2, 0.25) is 10.0 Å². The lowest BCUT2D eigenvalue weighted by Gasteiger charge is -2.33. The number of nitrogens with zero attached hydrogens (tertiary/aromatic N) is 1. The Kier molecular flexibility index (Phi) is 4.31. The lowest BCUT2D eigenvalue weighted by atomic mass is 10.4. The second-order valence-electron chi connectivity index (χ2n) is 4.57. The molecule has 2 rings (SSSR count). The Balaban J connectivity index is 2.25. The van der Waals surface area contributed by atoms with Crippen molar-refractivity contribution in [1.82, 2.24) is 9.29 Å². The minimum atomic E-state index is -3.39. The molecular formula is C11H17ClN2O2S2. The molecule has 0 radical (unpaired) electrons. The van der Waals surface area contributed by atoms with E-state index in [1.54, 1.807) is 10.4 Å². The van der Waals surface area contributed by atoms with Crippen LogP contribution in [-0.4, -0.2) is 41.3 Å². The highest BCUT2D eigenvalue weighted by atomic mass is 35.5. The van der Waals surface area contributed by atoms with Crippen LogP contribution in [0.5, 0.6) is 0 Å². The Morgan fingerprint density at radius 2 is 2.06 bits per heavy atom. The molecule has 0 aromatic carbocycles. The van der Waals surface area contributed by atoms with Gasteiger partial charge in [-0.1, -0.05) is 13.8 Å². The fraction of sp³-hybridized carbons (Fsp3) is 0.636. The number of aromatic nitrogens is 1. The summed E-state index contributed by atoms with van der Waals surface area (Å²) in [7, 11) is -3.39. The number of hydrogen-bond donors (Lipinski definition) is 1. The molecule has 2 heterocycles. The van der Waals surface area contributed by atoms with E-state index in [-0.39, 0.29) is 5.88 Å². The van der Waals surface area contributed by atoms with Crippen molar-refractivity contribution in [2.45, 2.75) is 35.1 Å². The Bertz CT molecular complexity index is 505. The maximum absolute atomic E-state index is 12.5. The summed E-state index contributed by atoms with van der Waals surface area (Å²) in [5, 5.41) is 0.657. The highest BCUT2D eigenvalue weighted by Crippen LogP contribution is 2.29. The molecule has 1 aromatic heterocycles. The second-order valence-corrected chi connectivity index (χ2v) is 8.66. The van der Waals surface area contributed by atoms with E-state index in [1.165, 1.54) is 6.20 Å². The number of aromatic amines is 1. The average Bonchev–Trinajstić information content (AvgIpc) is 2.76. The molecular weight excluding hydrogens is 292 g/mol. The van der Waals surface area contributed by atoms with E-state index >= 15 is 0 Å². The van der Waals surface area contributed by atoms with Crippen molar-refractivity contribution in [3.05, 3.63) is 18.0 Å². The molecule has 102 valence electrons. The number of nitrogens with one attached hydrogen (secondary N) is 1. The van der Waals surface area contributed by atoms with Crippen molar-refractivity contribution in [3.8, 4) is 0 Å². The molecule has 0 aliphatic carbocycles. The molecule has 0 bridgehead atoms. The van der Waals surface area contributed by atoms with E-state index in [9.17, 15) is 8.42 Å². The molecule has 0 saturated carbocycles. The van der Waals surface area contributed by atoms with Gasteiger partial charge in [0.15, 0.2) is 0 Å². The highest BCUT2D eigenvalue weighted by molar-refractivity contribution is 8.00.